The molecule has 724 valence electrons. The zero-order valence-corrected chi connectivity index (χ0v) is 76.6. The Bertz CT molecular complexity index is 2840. The number of hydrogen-bond donors (Lipinski definition) is 2. The number of unbranched alkanes of at least 4 members (excludes halogenated alkanes) is 4. The summed E-state index contributed by atoms with van der Waals surface area (Å²) in [7, 11) is 0. The van der Waals surface area contributed by atoms with Gasteiger partial charge in [0.1, 0.15) is 5.78 Å². The third kappa shape index (κ3) is 45.6. The number of hydrogen-bond acceptors (Lipinski definition) is 31. The molecule has 7 aliphatic rings. The van der Waals surface area contributed by atoms with Gasteiger partial charge in [-0.25, -0.2) is 0 Å². The molecular weight excluding hydrogens is 1630 g/mol. The molecule has 1 spiro atoms. The quantitative estimate of drug-likeness (QED) is 0.0357. The first-order valence-electron chi connectivity index (χ1n) is 47.1. The van der Waals surface area contributed by atoms with Gasteiger partial charge in [0.25, 0.3) is 11.8 Å². The maximum absolute atomic E-state index is 12.6. The average molecular weight is 1790 g/mol. The van der Waals surface area contributed by atoms with Gasteiger partial charge in [0.05, 0.1) is 335 Å². The SMILES string of the molecule is CC1=C2C[C@H]3[C@@H](CC=C4C[C@@H](O)CC[C@@]43C)[C@@H]2CC[C@]12O[C@@H]1C[C@H](C)CN(CCCCCCCC(=O)CCOCCOCCOCCOCCOCCOCCOCCOCCOCCOCCOCCOCCOCCOCCOCCOCCOCCOCCOCCOCCOCCOCCOCCOCCNC(=O)CCN3C(=O)C=CC3=O)C1[C@H]2C. The van der Waals surface area contributed by atoms with Crippen molar-refractivity contribution < 1.29 is 143 Å². The van der Waals surface area contributed by atoms with Gasteiger partial charge in [-0.3, -0.25) is 29.0 Å². The Morgan fingerprint density at radius 3 is 1.17 bits per heavy atom. The van der Waals surface area contributed by atoms with Crippen molar-refractivity contribution in [2.45, 2.75) is 154 Å². The van der Waals surface area contributed by atoms with Crippen LogP contribution in [-0.4, -0.2) is 406 Å². The third-order valence-corrected chi connectivity index (χ3v) is 24.1. The smallest absolute Gasteiger partial charge is 0.253 e. The van der Waals surface area contributed by atoms with Gasteiger partial charge in [0.15, 0.2) is 0 Å². The summed E-state index contributed by atoms with van der Waals surface area (Å²) in [6, 6.07) is 0.490. The van der Waals surface area contributed by atoms with Crippen LogP contribution in [0.15, 0.2) is 34.9 Å². The molecule has 33 nitrogen and oxygen atoms in total. The standard InChI is InChI=1S/C92H161N3O30/c1-76-72-86-90(78(3)92(125-86)20-16-82-83-12-11-79-73-81(97)15-19-91(79,4)85(83)74-84(82)77(92)2)94(75-76)22-9-7-5-6-8-10-80(96)18-24-101-26-28-103-30-32-105-34-36-107-38-40-109-42-44-111-46-48-113-50-52-115-54-56-117-58-60-119-62-64-121-66-68-123-70-71-124-69-67-122-65-63-120-61-59-118-57-55-116-53-51-114-49-47-112-45-43-110-41-39-108-37-35-106-33-31-104-29-27-102-25-21-93-87(98)17-23-95-88(99)13-14-89(95)100/h11,13-14,76,78,81-83,85-86,90,97H,5-10,12,15-75H2,1-4H3,(H,93,98)/t76-,78+,81-,82-,83-,85-,86+,90?,91-,92-/m0/s1. The number of piperidine rings is 1. The number of imide groups is 1. The van der Waals surface area contributed by atoms with Crippen LogP contribution in [0.4, 0.5) is 0 Å². The molecule has 33 heteroatoms. The molecule has 3 heterocycles. The van der Waals surface area contributed by atoms with Crippen molar-refractivity contribution in [1.82, 2.24) is 15.1 Å². The fraction of sp³-hybridized carbons (Fsp3) is 0.891. The van der Waals surface area contributed by atoms with Crippen molar-refractivity contribution in [1.29, 1.82) is 0 Å². The summed E-state index contributed by atoms with van der Waals surface area (Å²) in [6.45, 7) is 34.8. The van der Waals surface area contributed by atoms with Gasteiger partial charge in [-0.1, -0.05) is 57.3 Å². The summed E-state index contributed by atoms with van der Waals surface area (Å²) in [4.78, 5) is 51.4. The zero-order chi connectivity index (χ0) is 88.4. The number of fused-ring (bicyclic) bond motifs is 6. The normalized spacial score (nSPS) is 23.0. The van der Waals surface area contributed by atoms with Crippen LogP contribution in [0.3, 0.4) is 0 Å². The predicted molar refractivity (Wildman–Crippen MR) is 464 cm³/mol. The highest BCUT2D eigenvalue weighted by Crippen LogP contribution is 2.65. The van der Waals surface area contributed by atoms with E-state index in [0.29, 0.717) is 372 Å². The van der Waals surface area contributed by atoms with Crippen LogP contribution in [0.1, 0.15) is 130 Å². The maximum atomic E-state index is 12.6. The van der Waals surface area contributed by atoms with Crippen molar-refractivity contribution >= 4 is 23.5 Å². The minimum absolute atomic E-state index is 0.0433. The molecule has 0 radical (unpaired) electrons. The van der Waals surface area contributed by atoms with Gasteiger partial charge in [-0.2, -0.15) is 0 Å². The van der Waals surface area contributed by atoms with Gasteiger partial charge < -0.3 is 129 Å². The van der Waals surface area contributed by atoms with Crippen molar-refractivity contribution in [2.24, 2.45) is 35.0 Å². The number of Topliss-reactive ketones (excluding diaryl/α,β-unsaturated/α-hetero) is 1. The lowest BCUT2D eigenvalue weighted by molar-refractivity contribution is -0.137. The lowest BCUT2D eigenvalue weighted by atomic mass is 9.56. The van der Waals surface area contributed by atoms with Crippen LogP contribution in [-0.2, 0) is 138 Å². The Morgan fingerprint density at radius 1 is 0.432 bits per heavy atom. The number of carbonyl (C=O) groups is 4. The molecule has 2 N–H and O–H groups in total. The number of likely N-dealkylation sites (tertiary alicyclic amines) is 1. The number of carbonyl (C=O) groups excluding carboxylic acids is 4. The van der Waals surface area contributed by atoms with Gasteiger partial charge in [-0.05, 0) is 112 Å². The first kappa shape index (κ1) is 108. The summed E-state index contributed by atoms with van der Waals surface area (Å²) in [5.74, 6) is 2.51. The number of ketones is 1. The minimum Gasteiger partial charge on any atom is -0.393 e. The Kier molecular flexibility index (Phi) is 60.9. The number of rotatable bonds is 86. The molecule has 2 saturated heterocycles. The van der Waals surface area contributed by atoms with Gasteiger partial charge in [0, 0.05) is 63.0 Å². The molecule has 0 bridgehead atoms. The summed E-state index contributed by atoms with van der Waals surface area (Å²) in [5.41, 5.74) is 5.02. The molecule has 2 saturated carbocycles. The van der Waals surface area contributed by atoms with Gasteiger partial charge >= 0.3 is 0 Å². The minimum atomic E-state index is -0.403. The van der Waals surface area contributed by atoms with E-state index in [4.69, 9.17) is 118 Å². The van der Waals surface area contributed by atoms with E-state index in [9.17, 15) is 24.3 Å². The van der Waals surface area contributed by atoms with Crippen LogP contribution in [0.25, 0.3) is 0 Å². The highest BCUT2D eigenvalue weighted by Gasteiger charge is 2.62. The number of ether oxygens (including phenoxy) is 25. The van der Waals surface area contributed by atoms with E-state index in [1.807, 2.05) is 0 Å². The second-order valence-corrected chi connectivity index (χ2v) is 33.0. The number of aliphatic hydroxyl groups excluding tert-OH is 1. The Balaban J connectivity index is 0.475. The van der Waals surface area contributed by atoms with Crippen LogP contribution in [0.5, 0.6) is 0 Å². The number of nitrogens with zero attached hydrogens (tertiary/aromatic N) is 2. The van der Waals surface area contributed by atoms with E-state index in [1.165, 1.54) is 70.1 Å². The Hall–Kier alpha value is -3.58. The second kappa shape index (κ2) is 70.2. The maximum Gasteiger partial charge on any atom is 0.253 e. The monoisotopic (exact) mass is 1790 g/mol. The number of allylic oxidation sites excluding steroid dienone is 2. The second-order valence-electron chi connectivity index (χ2n) is 33.0. The molecule has 10 atom stereocenters. The van der Waals surface area contributed by atoms with Crippen molar-refractivity contribution in [2.75, 3.05) is 343 Å². The fourth-order valence-corrected chi connectivity index (χ4v) is 17.6. The summed E-state index contributed by atoms with van der Waals surface area (Å²) < 4.78 is 141. The lowest BCUT2D eigenvalue weighted by Gasteiger charge is -2.49. The van der Waals surface area contributed by atoms with Crippen LogP contribution >= 0.6 is 0 Å². The number of nitrogens with one attached hydrogen (secondary N) is 1. The average Bonchev–Trinajstić information content (AvgIpc) is 1.54. The Labute approximate surface area is 745 Å². The van der Waals surface area contributed by atoms with Gasteiger partial charge in [0.2, 0.25) is 5.91 Å². The van der Waals surface area contributed by atoms with Crippen molar-refractivity contribution in [3.05, 3.63) is 34.9 Å². The van der Waals surface area contributed by atoms with Crippen LogP contribution in [0, 0.1) is 35.0 Å². The summed E-state index contributed by atoms with van der Waals surface area (Å²) >= 11 is 0. The molecule has 4 aliphatic carbocycles. The van der Waals surface area contributed by atoms with E-state index in [1.54, 1.807) is 16.7 Å². The summed E-state index contributed by atoms with van der Waals surface area (Å²) in [5, 5.41) is 13.2. The topological polar surface area (TPSA) is 338 Å². The van der Waals surface area contributed by atoms with E-state index in [-0.39, 0.29) is 41.8 Å². The van der Waals surface area contributed by atoms with Crippen LogP contribution < -0.4 is 5.32 Å². The molecule has 0 aromatic rings. The van der Waals surface area contributed by atoms with Gasteiger partial charge in [-0.15, -0.1) is 0 Å². The largest absolute Gasteiger partial charge is 0.393 e. The van der Waals surface area contributed by atoms with Crippen molar-refractivity contribution in [3.8, 4) is 0 Å². The molecule has 3 amide bonds. The predicted octanol–water partition coefficient (Wildman–Crippen LogP) is 6.84. The number of amides is 3. The fourth-order valence-electron chi connectivity index (χ4n) is 17.6. The zero-order valence-electron chi connectivity index (χ0n) is 76.6. The molecule has 0 aromatic heterocycles. The molecule has 7 rings (SSSR count). The van der Waals surface area contributed by atoms with Crippen LogP contribution in [0.2, 0.25) is 0 Å². The first-order chi connectivity index (χ1) is 61.4. The van der Waals surface area contributed by atoms with E-state index >= 15 is 0 Å². The van der Waals surface area contributed by atoms with Crippen molar-refractivity contribution in [3.63, 3.8) is 0 Å². The van der Waals surface area contributed by atoms with E-state index in [0.717, 1.165) is 49.5 Å². The molecular formula is C92H161N3O30. The molecule has 1 unspecified atom stereocenters. The third-order valence-electron chi connectivity index (χ3n) is 24.1. The molecule has 4 fully saturated rings. The molecule has 3 aliphatic heterocycles. The number of aliphatic hydroxyl groups is 1. The molecule has 0 aromatic carbocycles. The highest BCUT2D eigenvalue weighted by atomic mass is 16.6. The first-order valence-corrected chi connectivity index (χ1v) is 47.1. The molecule has 125 heavy (non-hydrogen) atoms. The van der Waals surface area contributed by atoms with E-state index in [2.05, 4.69) is 44.0 Å². The Morgan fingerprint density at radius 2 is 0.784 bits per heavy atom. The lowest BCUT2D eigenvalue weighted by Crippen LogP contribution is -2.52. The summed E-state index contributed by atoms with van der Waals surface area (Å²) in [6.07, 6.45) is 20.8. The highest BCUT2D eigenvalue weighted by molar-refractivity contribution is 6.13. The van der Waals surface area contributed by atoms with E-state index < -0.39 is 11.8 Å².